The fraction of sp³-hybridized carbons (Fsp3) is 0.250. The molecule has 0 aliphatic rings. The summed E-state index contributed by atoms with van der Waals surface area (Å²) in [6.45, 7) is 2.71. The Morgan fingerprint density at radius 3 is 2.24 bits per heavy atom. The SMILES string of the molecule is CCc1ccccc1CNc1ccccc1S(=O)(=O)NC. The molecule has 4 nitrogen and oxygen atoms in total. The van der Waals surface area contributed by atoms with Gasteiger partial charge in [0, 0.05) is 6.54 Å². The summed E-state index contributed by atoms with van der Waals surface area (Å²) in [6, 6.07) is 15.1. The van der Waals surface area contributed by atoms with Crippen molar-refractivity contribution in [2.24, 2.45) is 0 Å². The topological polar surface area (TPSA) is 58.2 Å². The second kappa shape index (κ2) is 6.74. The molecule has 0 aliphatic carbocycles. The van der Waals surface area contributed by atoms with Crippen molar-refractivity contribution in [2.45, 2.75) is 24.8 Å². The van der Waals surface area contributed by atoms with E-state index in [0.717, 1.165) is 6.42 Å². The lowest BCUT2D eigenvalue weighted by Crippen LogP contribution is -2.20. The molecule has 0 radical (unpaired) electrons. The maximum atomic E-state index is 12.0. The third-order valence-electron chi connectivity index (χ3n) is 3.41. The van der Waals surface area contributed by atoms with Crippen molar-refractivity contribution in [1.82, 2.24) is 4.72 Å². The van der Waals surface area contributed by atoms with Gasteiger partial charge < -0.3 is 5.32 Å². The lowest BCUT2D eigenvalue weighted by Gasteiger charge is -2.13. The summed E-state index contributed by atoms with van der Waals surface area (Å²) in [7, 11) is -2.05. The first-order chi connectivity index (χ1) is 10.1. The van der Waals surface area contributed by atoms with E-state index in [9.17, 15) is 8.42 Å². The number of benzene rings is 2. The van der Waals surface area contributed by atoms with E-state index in [1.54, 1.807) is 18.2 Å². The van der Waals surface area contributed by atoms with Crippen LogP contribution in [0.1, 0.15) is 18.1 Å². The average Bonchev–Trinajstić information content (AvgIpc) is 2.53. The maximum absolute atomic E-state index is 12.0. The second-order valence-electron chi connectivity index (χ2n) is 4.68. The van der Waals surface area contributed by atoms with E-state index in [-0.39, 0.29) is 4.90 Å². The van der Waals surface area contributed by atoms with E-state index in [1.165, 1.54) is 18.2 Å². The van der Waals surface area contributed by atoms with E-state index in [1.807, 2.05) is 18.2 Å². The smallest absolute Gasteiger partial charge is 0.242 e. The Morgan fingerprint density at radius 1 is 0.952 bits per heavy atom. The van der Waals surface area contributed by atoms with Crippen LogP contribution in [0.2, 0.25) is 0 Å². The number of para-hydroxylation sites is 1. The zero-order valence-corrected chi connectivity index (χ0v) is 13.1. The minimum absolute atomic E-state index is 0.265. The molecule has 0 heterocycles. The second-order valence-corrected chi connectivity index (χ2v) is 6.53. The van der Waals surface area contributed by atoms with Crippen LogP contribution < -0.4 is 10.0 Å². The summed E-state index contributed by atoms with van der Waals surface area (Å²) in [6.07, 6.45) is 0.953. The first-order valence-electron chi connectivity index (χ1n) is 6.91. The van der Waals surface area contributed by atoms with Crippen LogP contribution in [0.25, 0.3) is 0 Å². The van der Waals surface area contributed by atoms with Crippen molar-refractivity contribution < 1.29 is 8.42 Å². The van der Waals surface area contributed by atoms with Gasteiger partial charge in [-0.2, -0.15) is 0 Å². The predicted octanol–water partition coefficient (Wildman–Crippen LogP) is 2.77. The van der Waals surface area contributed by atoms with Crippen molar-refractivity contribution in [3.05, 3.63) is 59.7 Å². The Hall–Kier alpha value is -1.85. The van der Waals surface area contributed by atoms with Gasteiger partial charge in [0.15, 0.2) is 0 Å². The zero-order chi connectivity index (χ0) is 15.3. The standard InChI is InChI=1S/C16H20N2O2S/c1-3-13-8-4-5-9-14(13)12-18-15-10-6-7-11-16(15)21(19,20)17-2/h4-11,17-18H,3,12H2,1-2H3. The zero-order valence-electron chi connectivity index (χ0n) is 12.3. The normalized spacial score (nSPS) is 11.3. The highest BCUT2D eigenvalue weighted by molar-refractivity contribution is 7.89. The summed E-state index contributed by atoms with van der Waals surface area (Å²) in [5.74, 6) is 0. The van der Waals surface area contributed by atoms with E-state index in [2.05, 4.69) is 29.1 Å². The molecule has 21 heavy (non-hydrogen) atoms. The molecule has 0 saturated heterocycles. The van der Waals surface area contributed by atoms with Gasteiger partial charge in [0.05, 0.1) is 5.69 Å². The van der Waals surface area contributed by atoms with Crippen LogP contribution in [0, 0.1) is 0 Å². The third-order valence-corrected chi connectivity index (χ3v) is 4.89. The molecular weight excluding hydrogens is 284 g/mol. The van der Waals surface area contributed by atoms with Gasteiger partial charge in [0.25, 0.3) is 0 Å². The van der Waals surface area contributed by atoms with Gasteiger partial charge in [0.1, 0.15) is 4.90 Å². The van der Waals surface area contributed by atoms with Crippen LogP contribution in [-0.2, 0) is 23.0 Å². The quantitative estimate of drug-likeness (QED) is 0.863. The van der Waals surface area contributed by atoms with E-state index >= 15 is 0 Å². The van der Waals surface area contributed by atoms with Crippen molar-refractivity contribution in [3.63, 3.8) is 0 Å². The molecule has 0 unspecified atom stereocenters. The highest BCUT2D eigenvalue weighted by Gasteiger charge is 2.15. The van der Waals surface area contributed by atoms with Crippen molar-refractivity contribution >= 4 is 15.7 Å². The van der Waals surface area contributed by atoms with Crippen LogP contribution in [0.3, 0.4) is 0 Å². The van der Waals surface area contributed by atoms with Crippen LogP contribution in [0.4, 0.5) is 5.69 Å². The summed E-state index contributed by atoms with van der Waals surface area (Å²) >= 11 is 0. The van der Waals surface area contributed by atoms with Crippen LogP contribution >= 0.6 is 0 Å². The minimum atomic E-state index is -3.46. The Morgan fingerprint density at radius 2 is 1.57 bits per heavy atom. The van der Waals surface area contributed by atoms with E-state index < -0.39 is 10.0 Å². The van der Waals surface area contributed by atoms with Gasteiger partial charge in [-0.05, 0) is 36.7 Å². The number of nitrogens with one attached hydrogen (secondary N) is 2. The highest BCUT2D eigenvalue weighted by atomic mass is 32.2. The molecule has 2 aromatic rings. The Bertz CT molecular complexity index is 712. The molecule has 0 amide bonds. The fourth-order valence-corrected chi connectivity index (χ4v) is 3.13. The first kappa shape index (κ1) is 15.5. The van der Waals surface area contributed by atoms with Gasteiger partial charge >= 0.3 is 0 Å². The van der Waals surface area contributed by atoms with Crippen molar-refractivity contribution in [2.75, 3.05) is 12.4 Å². The van der Waals surface area contributed by atoms with E-state index in [0.29, 0.717) is 12.2 Å². The fourth-order valence-electron chi connectivity index (χ4n) is 2.22. The number of anilines is 1. The molecule has 0 fully saturated rings. The maximum Gasteiger partial charge on any atom is 0.242 e. The summed E-state index contributed by atoms with van der Waals surface area (Å²) in [5, 5.41) is 3.23. The molecule has 0 saturated carbocycles. The molecule has 0 spiro atoms. The highest BCUT2D eigenvalue weighted by Crippen LogP contribution is 2.21. The molecular formula is C16H20N2O2S. The van der Waals surface area contributed by atoms with Crippen LogP contribution in [-0.4, -0.2) is 15.5 Å². The molecule has 2 N–H and O–H groups in total. The lowest BCUT2D eigenvalue weighted by molar-refractivity contribution is 0.588. The van der Waals surface area contributed by atoms with Gasteiger partial charge in [-0.3, -0.25) is 0 Å². The number of hydrogen-bond donors (Lipinski definition) is 2. The monoisotopic (exact) mass is 304 g/mol. The minimum Gasteiger partial charge on any atom is -0.380 e. The molecule has 5 heteroatoms. The molecule has 0 aromatic heterocycles. The Kier molecular flexibility index (Phi) is 4.98. The van der Waals surface area contributed by atoms with E-state index in [4.69, 9.17) is 0 Å². The number of aryl methyl sites for hydroxylation is 1. The molecule has 2 aromatic carbocycles. The summed E-state index contributed by atoms with van der Waals surface area (Å²) < 4.78 is 26.4. The van der Waals surface area contributed by atoms with Gasteiger partial charge in [0.2, 0.25) is 10.0 Å². The van der Waals surface area contributed by atoms with Crippen molar-refractivity contribution in [3.8, 4) is 0 Å². The molecule has 0 aliphatic heterocycles. The summed E-state index contributed by atoms with van der Waals surface area (Å²) in [4.78, 5) is 0.265. The Labute approximate surface area is 126 Å². The van der Waals surface area contributed by atoms with Gasteiger partial charge in [-0.25, -0.2) is 13.1 Å². The Balaban J connectivity index is 2.25. The third kappa shape index (κ3) is 3.62. The molecule has 0 atom stereocenters. The predicted molar refractivity (Wildman–Crippen MR) is 85.8 cm³/mol. The molecule has 0 bridgehead atoms. The average molecular weight is 304 g/mol. The first-order valence-corrected chi connectivity index (χ1v) is 8.40. The van der Waals surface area contributed by atoms with Gasteiger partial charge in [-0.1, -0.05) is 43.3 Å². The van der Waals surface area contributed by atoms with Crippen LogP contribution in [0.15, 0.2) is 53.4 Å². The van der Waals surface area contributed by atoms with Gasteiger partial charge in [-0.15, -0.1) is 0 Å². The number of sulfonamides is 1. The van der Waals surface area contributed by atoms with Crippen LogP contribution in [0.5, 0.6) is 0 Å². The summed E-state index contributed by atoms with van der Waals surface area (Å²) in [5.41, 5.74) is 3.05. The number of rotatable bonds is 6. The molecule has 2 rings (SSSR count). The largest absolute Gasteiger partial charge is 0.380 e. The molecule has 112 valence electrons. The lowest BCUT2D eigenvalue weighted by atomic mass is 10.1. The number of hydrogen-bond acceptors (Lipinski definition) is 3. The van der Waals surface area contributed by atoms with Crippen molar-refractivity contribution in [1.29, 1.82) is 0 Å².